The van der Waals surface area contributed by atoms with Crippen LogP contribution >= 0.6 is 0 Å². The second-order valence-corrected chi connectivity index (χ2v) is 4.66. The highest BCUT2D eigenvalue weighted by atomic mass is 16.5. The van der Waals surface area contributed by atoms with E-state index in [4.69, 9.17) is 4.74 Å². The molecule has 1 fully saturated rings. The lowest BCUT2D eigenvalue weighted by atomic mass is 10.0. The SMILES string of the molecule is [CH2-][NH+]1CCc2c(CNC3COC3)cccc21. The highest BCUT2D eigenvalue weighted by Gasteiger charge is 2.22. The third-order valence-corrected chi connectivity index (χ3v) is 3.55. The van der Waals surface area contributed by atoms with Crippen LogP contribution in [0.5, 0.6) is 0 Å². The summed E-state index contributed by atoms with van der Waals surface area (Å²) in [5.74, 6) is 0. The van der Waals surface area contributed by atoms with E-state index in [2.05, 4.69) is 30.6 Å². The van der Waals surface area contributed by atoms with E-state index in [1.807, 2.05) is 0 Å². The molecule has 2 aliphatic heterocycles. The second kappa shape index (κ2) is 4.17. The normalized spacial score (nSPS) is 24.2. The number of hydrogen-bond acceptors (Lipinski definition) is 2. The molecule has 0 amide bonds. The van der Waals surface area contributed by atoms with Crippen LogP contribution in [0, 0.1) is 7.05 Å². The Balaban J connectivity index is 1.74. The summed E-state index contributed by atoms with van der Waals surface area (Å²) in [5.41, 5.74) is 4.31. The van der Waals surface area contributed by atoms with Crippen molar-refractivity contribution in [3.63, 3.8) is 0 Å². The Hall–Kier alpha value is -0.900. The van der Waals surface area contributed by atoms with Crippen molar-refractivity contribution < 1.29 is 9.64 Å². The van der Waals surface area contributed by atoms with Crippen molar-refractivity contribution in [3.8, 4) is 0 Å². The fourth-order valence-corrected chi connectivity index (χ4v) is 2.45. The van der Waals surface area contributed by atoms with Gasteiger partial charge in [-0.25, -0.2) is 0 Å². The Morgan fingerprint density at radius 3 is 3.06 bits per heavy atom. The Labute approximate surface area is 96.4 Å². The van der Waals surface area contributed by atoms with Gasteiger partial charge < -0.3 is 15.0 Å². The molecule has 86 valence electrons. The van der Waals surface area contributed by atoms with Gasteiger partial charge in [-0.2, -0.15) is 0 Å². The molecule has 0 aromatic heterocycles. The highest BCUT2D eigenvalue weighted by molar-refractivity contribution is 5.47. The van der Waals surface area contributed by atoms with Crippen LogP contribution in [0.4, 0.5) is 5.69 Å². The Morgan fingerprint density at radius 2 is 2.31 bits per heavy atom. The zero-order valence-corrected chi connectivity index (χ0v) is 9.46. The fourth-order valence-electron chi connectivity index (χ4n) is 2.45. The number of hydrogen-bond donors (Lipinski definition) is 2. The minimum absolute atomic E-state index is 0.556. The van der Waals surface area contributed by atoms with Crippen LogP contribution < -0.4 is 10.2 Å². The van der Waals surface area contributed by atoms with E-state index in [1.165, 1.54) is 21.7 Å². The maximum absolute atomic E-state index is 5.16. The lowest BCUT2D eigenvalue weighted by Crippen LogP contribution is -3.00. The van der Waals surface area contributed by atoms with Crippen molar-refractivity contribution >= 4 is 5.69 Å². The van der Waals surface area contributed by atoms with E-state index >= 15 is 0 Å². The van der Waals surface area contributed by atoms with Crippen LogP contribution in [0.25, 0.3) is 0 Å². The number of benzene rings is 1. The molecule has 1 unspecified atom stereocenters. The molecule has 2 aliphatic rings. The zero-order chi connectivity index (χ0) is 11.0. The zero-order valence-electron chi connectivity index (χ0n) is 9.46. The maximum Gasteiger partial charge on any atom is 0.108 e. The molecule has 0 aliphatic carbocycles. The van der Waals surface area contributed by atoms with E-state index in [-0.39, 0.29) is 0 Å². The minimum Gasteiger partial charge on any atom is -0.434 e. The molecule has 2 N–H and O–H groups in total. The Morgan fingerprint density at radius 1 is 1.44 bits per heavy atom. The molecule has 1 aromatic rings. The molecule has 3 nitrogen and oxygen atoms in total. The van der Waals surface area contributed by atoms with Crippen LogP contribution in [0.2, 0.25) is 0 Å². The molecule has 0 radical (unpaired) electrons. The van der Waals surface area contributed by atoms with Gasteiger partial charge in [0.15, 0.2) is 0 Å². The van der Waals surface area contributed by atoms with Crippen LogP contribution in [0.15, 0.2) is 18.2 Å². The van der Waals surface area contributed by atoms with Gasteiger partial charge in [0.1, 0.15) is 5.69 Å². The first kappa shape index (κ1) is 10.3. The van der Waals surface area contributed by atoms with Crippen LogP contribution in [0.3, 0.4) is 0 Å². The number of ether oxygens (including phenoxy) is 1. The summed E-state index contributed by atoms with van der Waals surface area (Å²) >= 11 is 0. The summed E-state index contributed by atoms with van der Waals surface area (Å²) in [5, 5.41) is 3.53. The van der Waals surface area contributed by atoms with Crippen molar-refractivity contribution in [1.82, 2.24) is 5.32 Å². The molecule has 16 heavy (non-hydrogen) atoms. The van der Waals surface area contributed by atoms with Gasteiger partial charge in [-0.05, 0) is 11.6 Å². The Kier molecular flexibility index (Phi) is 2.67. The van der Waals surface area contributed by atoms with Gasteiger partial charge in [-0.1, -0.05) is 12.1 Å². The van der Waals surface area contributed by atoms with Crippen molar-refractivity contribution in [2.24, 2.45) is 0 Å². The molecular weight excluding hydrogens is 200 g/mol. The Bertz CT molecular complexity index is 388. The van der Waals surface area contributed by atoms with Crippen molar-refractivity contribution in [2.75, 3.05) is 19.8 Å². The van der Waals surface area contributed by atoms with Crippen LogP contribution in [-0.4, -0.2) is 25.8 Å². The molecule has 1 aromatic carbocycles. The van der Waals surface area contributed by atoms with Crippen molar-refractivity contribution in [1.29, 1.82) is 0 Å². The quantitative estimate of drug-likeness (QED) is 0.701. The summed E-state index contributed by atoms with van der Waals surface area (Å²) in [4.78, 5) is 1.30. The van der Waals surface area contributed by atoms with E-state index in [0.717, 1.165) is 32.7 Å². The van der Waals surface area contributed by atoms with Gasteiger partial charge in [0.25, 0.3) is 0 Å². The van der Waals surface area contributed by atoms with Gasteiger partial charge >= 0.3 is 0 Å². The smallest absolute Gasteiger partial charge is 0.108 e. The summed E-state index contributed by atoms with van der Waals surface area (Å²) in [7, 11) is 4.12. The first-order valence-electron chi connectivity index (χ1n) is 5.94. The number of rotatable bonds is 3. The topological polar surface area (TPSA) is 25.7 Å². The van der Waals surface area contributed by atoms with E-state index in [0.29, 0.717) is 6.04 Å². The lowest BCUT2D eigenvalue weighted by molar-refractivity contribution is -0.775. The van der Waals surface area contributed by atoms with Gasteiger partial charge in [0.2, 0.25) is 0 Å². The standard InChI is InChI=1S/C13H18N2O/c1-15-6-5-12-10(3-2-4-13(12)15)7-14-11-8-16-9-11/h2-4,11,14-15H,1,5-9H2. The molecule has 1 atom stereocenters. The minimum atomic E-state index is 0.556. The molecule has 3 heteroatoms. The summed E-state index contributed by atoms with van der Waals surface area (Å²) in [6.45, 7) is 3.81. The fraction of sp³-hybridized carbons (Fsp3) is 0.462. The largest absolute Gasteiger partial charge is 0.434 e. The molecule has 0 bridgehead atoms. The predicted octanol–water partition coefficient (Wildman–Crippen LogP) is 0.0391. The van der Waals surface area contributed by atoms with Crippen molar-refractivity contribution in [2.45, 2.75) is 19.0 Å². The van der Waals surface area contributed by atoms with Gasteiger partial charge in [0.05, 0.1) is 25.8 Å². The first-order valence-corrected chi connectivity index (χ1v) is 5.94. The monoisotopic (exact) mass is 218 g/mol. The number of nitrogens with one attached hydrogen (secondary N) is 2. The summed E-state index contributed by atoms with van der Waals surface area (Å²) < 4.78 is 5.16. The maximum atomic E-state index is 5.16. The van der Waals surface area contributed by atoms with Gasteiger partial charge in [-0.15, -0.1) is 7.05 Å². The molecule has 2 heterocycles. The molecular formula is C13H18N2O. The first-order chi connectivity index (χ1) is 7.84. The summed E-state index contributed by atoms with van der Waals surface area (Å²) in [6, 6.07) is 7.12. The highest BCUT2D eigenvalue weighted by Crippen LogP contribution is 2.21. The third kappa shape index (κ3) is 1.75. The van der Waals surface area contributed by atoms with Crippen LogP contribution in [0.1, 0.15) is 11.1 Å². The summed E-state index contributed by atoms with van der Waals surface area (Å²) in [6.07, 6.45) is 1.16. The van der Waals surface area contributed by atoms with Crippen molar-refractivity contribution in [3.05, 3.63) is 36.4 Å². The van der Waals surface area contributed by atoms with E-state index in [1.54, 1.807) is 0 Å². The predicted molar refractivity (Wildman–Crippen MR) is 62.4 cm³/mol. The average Bonchev–Trinajstić information content (AvgIpc) is 2.60. The molecule has 3 rings (SSSR count). The van der Waals surface area contributed by atoms with E-state index in [9.17, 15) is 0 Å². The molecule has 0 saturated carbocycles. The third-order valence-electron chi connectivity index (χ3n) is 3.55. The average molecular weight is 218 g/mol. The molecule has 0 spiro atoms. The second-order valence-electron chi connectivity index (χ2n) is 4.66. The number of fused-ring (bicyclic) bond motifs is 1. The van der Waals surface area contributed by atoms with Crippen LogP contribution in [-0.2, 0) is 17.7 Å². The van der Waals surface area contributed by atoms with Gasteiger partial charge in [-0.3, -0.25) is 0 Å². The molecule has 1 saturated heterocycles. The number of quaternary nitrogens is 1. The lowest BCUT2D eigenvalue weighted by Gasteiger charge is -2.27. The van der Waals surface area contributed by atoms with E-state index < -0.39 is 0 Å². The van der Waals surface area contributed by atoms with Gasteiger partial charge in [0, 0.05) is 18.5 Å².